The first-order valence-corrected chi connectivity index (χ1v) is 5.45. The Balaban J connectivity index is 2.86. The van der Waals surface area contributed by atoms with Gasteiger partial charge in [-0.1, -0.05) is 20.8 Å². The molecule has 0 aromatic carbocycles. The van der Waals surface area contributed by atoms with E-state index in [2.05, 4.69) is 48.9 Å². The van der Waals surface area contributed by atoms with Crippen LogP contribution in [0, 0.1) is 5.92 Å². The minimum absolute atomic E-state index is 0.419. The van der Waals surface area contributed by atoms with E-state index in [1.54, 1.807) is 0 Å². The van der Waals surface area contributed by atoms with E-state index < -0.39 is 0 Å². The Morgan fingerprint density at radius 1 is 1.43 bits per heavy atom. The molecular weight excluding hydrogens is 174 g/mol. The maximum absolute atomic E-state index is 4.30. The number of hydrogen-bond acceptors (Lipinski definition) is 2. The van der Waals surface area contributed by atoms with Gasteiger partial charge in [0.1, 0.15) is 0 Å². The molecule has 0 bridgehead atoms. The molecule has 1 heterocycles. The molecule has 1 N–H and O–H groups in total. The predicted molar refractivity (Wildman–Crippen MR) is 59.2 cm³/mol. The first-order valence-electron chi connectivity index (χ1n) is 5.45. The molecule has 3 heteroatoms. The lowest BCUT2D eigenvalue weighted by Gasteiger charge is -2.22. The van der Waals surface area contributed by atoms with Gasteiger partial charge in [0.15, 0.2) is 0 Å². The third-order valence-corrected chi connectivity index (χ3v) is 2.46. The summed E-state index contributed by atoms with van der Waals surface area (Å²) in [5.74, 6) is 0.594. The number of hydrogen-bond donors (Lipinski definition) is 1. The predicted octanol–water partition coefficient (Wildman–Crippen LogP) is 2.21. The van der Waals surface area contributed by atoms with E-state index >= 15 is 0 Å². The molecule has 0 amide bonds. The van der Waals surface area contributed by atoms with E-state index in [-0.39, 0.29) is 0 Å². The second kappa shape index (κ2) is 5.15. The zero-order valence-electron chi connectivity index (χ0n) is 9.62. The minimum atomic E-state index is 0.419. The Hall–Kier alpha value is -0.830. The smallest absolute Gasteiger partial charge is 0.0556 e. The van der Waals surface area contributed by atoms with E-state index in [0.29, 0.717) is 12.0 Å². The summed E-state index contributed by atoms with van der Waals surface area (Å²) in [6.45, 7) is 10.7. The Kier molecular flexibility index (Phi) is 4.14. The van der Waals surface area contributed by atoms with Gasteiger partial charge in [-0.2, -0.15) is 5.10 Å². The van der Waals surface area contributed by atoms with Gasteiger partial charge in [-0.15, -0.1) is 0 Å². The number of nitrogens with one attached hydrogen (secondary N) is 1. The molecule has 1 atom stereocenters. The second-order valence-corrected chi connectivity index (χ2v) is 3.85. The molecule has 0 aliphatic rings. The average molecular weight is 195 g/mol. The van der Waals surface area contributed by atoms with Gasteiger partial charge in [-0.05, 0) is 25.5 Å². The van der Waals surface area contributed by atoms with Gasteiger partial charge in [0.05, 0.1) is 11.7 Å². The highest BCUT2D eigenvalue weighted by molar-refractivity contribution is 5.07. The summed E-state index contributed by atoms with van der Waals surface area (Å²) in [4.78, 5) is 0. The van der Waals surface area contributed by atoms with Crippen LogP contribution in [-0.2, 0) is 6.54 Å². The van der Waals surface area contributed by atoms with Crippen LogP contribution in [0.4, 0.5) is 0 Å². The van der Waals surface area contributed by atoms with Gasteiger partial charge in [-0.3, -0.25) is 4.68 Å². The topological polar surface area (TPSA) is 29.9 Å². The fourth-order valence-corrected chi connectivity index (χ4v) is 1.77. The highest BCUT2D eigenvalue weighted by Gasteiger charge is 2.17. The van der Waals surface area contributed by atoms with E-state index in [1.165, 1.54) is 5.69 Å². The Labute approximate surface area is 86.5 Å². The van der Waals surface area contributed by atoms with Gasteiger partial charge < -0.3 is 5.32 Å². The maximum Gasteiger partial charge on any atom is 0.0556 e. The summed E-state index contributed by atoms with van der Waals surface area (Å²) in [7, 11) is 0. The molecule has 1 aromatic rings. The summed E-state index contributed by atoms with van der Waals surface area (Å²) in [5.41, 5.74) is 1.30. The maximum atomic E-state index is 4.30. The Bertz CT molecular complexity index is 265. The van der Waals surface area contributed by atoms with Crippen LogP contribution < -0.4 is 5.32 Å². The van der Waals surface area contributed by atoms with Crippen molar-refractivity contribution >= 4 is 0 Å². The monoisotopic (exact) mass is 195 g/mol. The zero-order valence-corrected chi connectivity index (χ0v) is 9.62. The summed E-state index contributed by atoms with van der Waals surface area (Å²) in [6.07, 6.45) is 1.88. The molecule has 0 radical (unpaired) electrons. The normalized spacial score (nSPS) is 13.5. The average Bonchev–Trinajstić information content (AvgIpc) is 2.61. The number of rotatable bonds is 5. The highest BCUT2D eigenvalue weighted by Crippen LogP contribution is 2.20. The first-order chi connectivity index (χ1) is 6.70. The Morgan fingerprint density at radius 2 is 2.14 bits per heavy atom. The van der Waals surface area contributed by atoms with Gasteiger partial charge in [0.25, 0.3) is 0 Å². The van der Waals surface area contributed by atoms with E-state index in [4.69, 9.17) is 0 Å². The molecule has 0 spiro atoms. The molecule has 0 saturated carbocycles. The van der Waals surface area contributed by atoms with Crippen LogP contribution in [0.5, 0.6) is 0 Å². The van der Waals surface area contributed by atoms with Gasteiger partial charge >= 0.3 is 0 Å². The standard InChI is InChI=1S/C11H21N3/c1-5-12-11(9(3)4)10-7-8-13-14(10)6-2/h7-9,11-12H,5-6H2,1-4H3. The number of aryl methyl sites for hydroxylation is 1. The lowest BCUT2D eigenvalue weighted by atomic mass is 10.0. The molecular formula is C11H21N3. The summed E-state index contributed by atoms with van der Waals surface area (Å²) < 4.78 is 2.06. The van der Waals surface area contributed by atoms with Crippen molar-refractivity contribution in [3.63, 3.8) is 0 Å². The molecule has 14 heavy (non-hydrogen) atoms. The SMILES string of the molecule is CCNC(c1ccnn1CC)C(C)C. The summed E-state index contributed by atoms with van der Waals surface area (Å²) in [6, 6.07) is 2.53. The molecule has 1 unspecified atom stereocenters. The van der Waals surface area contributed by atoms with Crippen LogP contribution >= 0.6 is 0 Å². The summed E-state index contributed by atoms with van der Waals surface area (Å²) >= 11 is 0. The number of aromatic nitrogens is 2. The largest absolute Gasteiger partial charge is 0.309 e. The molecule has 0 saturated heterocycles. The van der Waals surface area contributed by atoms with Crippen LogP contribution in [0.2, 0.25) is 0 Å². The zero-order chi connectivity index (χ0) is 10.6. The third-order valence-electron chi connectivity index (χ3n) is 2.46. The van der Waals surface area contributed by atoms with Crippen LogP contribution in [0.25, 0.3) is 0 Å². The van der Waals surface area contributed by atoms with Crippen molar-refractivity contribution in [2.24, 2.45) is 5.92 Å². The lowest BCUT2D eigenvalue weighted by molar-refractivity contribution is 0.392. The summed E-state index contributed by atoms with van der Waals surface area (Å²) in [5, 5.41) is 7.80. The molecule has 0 aliphatic heterocycles. The van der Waals surface area contributed by atoms with Crippen molar-refractivity contribution < 1.29 is 0 Å². The highest BCUT2D eigenvalue weighted by atomic mass is 15.3. The molecule has 3 nitrogen and oxygen atoms in total. The number of nitrogens with zero attached hydrogens (tertiary/aromatic N) is 2. The molecule has 1 aromatic heterocycles. The molecule has 80 valence electrons. The van der Waals surface area contributed by atoms with Crippen molar-refractivity contribution in [2.75, 3.05) is 6.54 Å². The first kappa shape index (κ1) is 11.2. The molecule has 0 fully saturated rings. The lowest BCUT2D eigenvalue weighted by Crippen LogP contribution is -2.27. The van der Waals surface area contributed by atoms with Crippen molar-refractivity contribution in [2.45, 2.75) is 40.3 Å². The van der Waals surface area contributed by atoms with Gasteiger partial charge in [0.2, 0.25) is 0 Å². The third kappa shape index (κ3) is 2.35. The Morgan fingerprint density at radius 3 is 2.64 bits per heavy atom. The van der Waals surface area contributed by atoms with E-state index in [0.717, 1.165) is 13.1 Å². The van der Waals surface area contributed by atoms with Crippen molar-refractivity contribution in [3.05, 3.63) is 18.0 Å². The van der Waals surface area contributed by atoms with Gasteiger partial charge in [-0.25, -0.2) is 0 Å². The van der Waals surface area contributed by atoms with Crippen LogP contribution in [-0.4, -0.2) is 16.3 Å². The van der Waals surface area contributed by atoms with Gasteiger partial charge in [0, 0.05) is 12.7 Å². The van der Waals surface area contributed by atoms with Crippen LogP contribution in [0.1, 0.15) is 39.4 Å². The fraction of sp³-hybridized carbons (Fsp3) is 0.727. The molecule has 0 aliphatic carbocycles. The second-order valence-electron chi connectivity index (χ2n) is 3.85. The quantitative estimate of drug-likeness (QED) is 0.780. The molecule has 1 rings (SSSR count). The van der Waals surface area contributed by atoms with Crippen molar-refractivity contribution in [3.8, 4) is 0 Å². The van der Waals surface area contributed by atoms with Crippen LogP contribution in [0.15, 0.2) is 12.3 Å². The minimum Gasteiger partial charge on any atom is -0.309 e. The van der Waals surface area contributed by atoms with Crippen molar-refractivity contribution in [1.29, 1.82) is 0 Å². The van der Waals surface area contributed by atoms with Crippen molar-refractivity contribution in [1.82, 2.24) is 15.1 Å². The van der Waals surface area contributed by atoms with E-state index in [1.807, 2.05) is 6.20 Å². The van der Waals surface area contributed by atoms with E-state index in [9.17, 15) is 0 Å². The van der Waals surface area contributed by atoms with Crippen LogP contribution in [0.3, 0.4) is 0 Å². The fourth-order valence-electron chi connectivity index (χ4n) is 1.77.